The van der Waals surface area contributed by atoms with Crippen LogP contribution in [0, 0.1) is 0 Å². The topological polar surface area (TPSA) is 54.0 Å². The molecule has 1 rings (SSSR count). The maximum absolute atomic E-state index is 11.4. The lowest BCUT2D eigenvalue weighted by atomic mass is 10.3. The number of carbonyl (C=O) groups excluding carboxylic acids is 1. The number of esters is 1. The van der Waals surface area contributed by atoms with Crippen LogP contribution in [0.25, 0.3) is 0 Å². The number of carbonyl (C=O) groups is 1. The van der Waals surface area contributed by atoms with E-state index in [4.69, 9.17) is 18.0 Å². The monoisotopic (exact) mass is 352 g/mol. The zero-order valence-electron chi connectivity index (χ0n) is 14.9. The highest BCUT2D eigenvalue weighted by Gasteiger charge is 2.42. The summed E-state index contributed by atoms with van der Waals surface area (Å²) in [5.74, 6) is 0.397. The SMILES string of the molecule is C=C(C)C(=O)OCCCC[Si](OCC)(OCC)Oc1ccccc1. The van der Waals surface area contributed by atoms with Gasteiger partial charge in [-0.2, -0.15) is 0 Å². The van der Waals surface area contributed by atoms with Crippen molar-refractivity contribution in [3.63, 3.8) is 0 Å². The number of rotatable bonds is 12. The molecule has 1 aromatic rings. The summed E-state index contributed by atoms with van der Waals surface area (Å²) in [4.78, 5) is 11.4. The predicted molar refractivity (Wildman–Crippen MR) is 95.9 cm³/mol. The molecule has 0 amide bonds. The molecular weight excluding hydrogens is 324 g/mol. The number of hydrogen-bond acceptors (Lipinski definition) is 5. The Labute approximate surface area is 145 Å². The molecule has 5 nitrogen and oxygen atoms in total. The van der Waals surface area contributed by atoms with Gasteiger partial charge in [-0.05, 0) is 45.7 Å². The zero-order chi connectivity index (χ0) is 17.8. The van der Waals surface area contributed by atoms with E-state index < -0.39 is 8.80 Å². The van der Waals surface area contributed by atoms with Gasteiger partial charge in [0.15, 0.2) is 0 Å². The van der Waals surface area contributed by atoms with Crippen LogP contribution in [0.4, 0.5) is 0 Å². The Morgan fingerprint density at radius 1 is 1.08 bits per heavy atom. The summed E-state index contributed by atoms with van der Waals surface area (Å²) in [7, 11) is -2.79. The quantitative estimate of drug-likeness (QED) is 0.246. The first-order valence-electron chi connectivity index (χ1n) is 8.37. The first-order valence-corrected chi connectivity index (χ1v) is 10.3. The average molecular weight is 353 g/mol. The van der Waals surface area contributed by atoms with Crippen molar-refractivity contribution in [3.8, 4) is 5.75 Å². The van der Waals surface area contributed by atoms with Gasteiger partial charge in [-0.15, -0.1) is 0 Å². The van der Waals surface area contributed by atoms with Crippen LogP contribution < -0.4 is 4.43 Å². The lowest BCUT2D eigenvalue weighted by Gasteiger charge is -2.29. The highest BCUT2D eigenvalue weighted by atomic mass is 28.4. The van der Waals surface area contributed by atoms with Crippen molar-refractivity contribution < 1.29 is 22.8 Å². The van der Waals surface area contributed by atoms with Crippen LogP contribution >= 0.6 is 0 Å². The minimum atomic E-state index is -2.79. The van der Waals surface area contributed by atoms with Gasteiger partial charge in [0, 0.05) is 24.8 Å². The molecule has 0 atom stereocenters. The molecule has 1 aromatic carbocycles. The van der Waals surface area contributed by atoms with E-state index in [9.17, 15) is 4.79 Å². The summed E-state index contributed by atoms with van der Waals surface area (Å²) >= 11 is 0. The largest absolute Gasteiger partial charge is 0.566 e. The predicted octanol–water partition coefficient (Wildman–Crippen LogP) is 3.98. The number of ether oxygens (including phenoxy) is 1. The molecule has 0 bridgehead atoms. The van der Waals surface area contributed by atoms with Crippen molar-refractivity contribution in [2.24, 2.45) is 0 Å². The smallest absolute Gasteiger partial charge is 0.501 e. The van der Waals surface area contributed by atoms with Crippen LogP contribution in [0.3, 0.4) is 0 Å². The maximum Gasteiger partial charge on any atom is 0.566 e. The van der Waals surface area contributed by atoms with Gasteiger partial charge < -0.3 is 18.0 Å². The molecule has 0 fully saturated rings. The summed E-state index contributed by atoms with van der Waals surface area (Å²) in [5.41, 5.74) is 0.412. The van der Waals surface area contributed by atoms with Crippen molar-refractivity contribution in [1.82, 2.24) is 0 Å². The normalized spacial score (nSPS) is 11.1. The van der Waals surface area contributed by atoms with E-state index in [0.29, 0.717) is 31.4 Å². The third kappa shape index (κ3) is 7.29. The molecule has 0 aliphatic carbocycles. The number of para-hydroxylation sites is 1. The molecule has 134 valence electrons. The third-order valence-electron chi connectivity index (χ3n) is 3.20. The van der Waals surface area contributed by atoms with Gasteiger partial charge in [-0.1, -0.05) is 24.8 Å². The maximum atomic E-state index is 11.4. The molecule has 0 aromatic heterocycles. The summed E-state index contributed by atoms with van der Waals surface area (Å²) in [5, 5.41) is 0. The molecule has 0 radical (unpaired) electrons. The van der Waals surface area contributed by atoms with E-state index in [2.05, 4.69) is 6.58 Å². The number of hydrogen-bond donors (Lipinski definition) is 0. The average Bonchev–Trinajstić information content (AvgIpc) is 2.55. The number of benzene rings is 1. The van der Waals surface area contributed by atoms with Crippen molar-refractivity contribution in [2.45, 2.75) is 39.7 Å². The van der Waals surface area contributed by atoms with Gasteiger partial charge in [-0.25, -0.2) is 4.79 Å². The third-order valence-corrected chi connectivity index (χ3v) is 6.17. The summed E-state index contributed by atoms with van der Waals surface area (Å²) in [6, 6.07) is 10.2. The van der Waals surface area contributed by atoms with Crippen molar-refractivity contribution in [3.05, 3.63) is 42.5 Å². The lowest BCUT2D eigenvalue weighted by molar-refractivity contribution is -0.139. The van der Waals surface area contributed by atoms with Gasteiger partial charge in [0.1, 0.15) is 5.75 Å². The molecule has 0 unspecified atom stereocenters. The van der Waals surface area contributed by atoms with Crippen molar-refractivity contribution in [2.75, 3.05) is 19.8 Å². The van der Waals surface area contributed by atoms with Gasteiger partial charge >= 0.3 is 14.8 Å². The number of unbranched alkanes of at least 4 members (excludes halogenated alkanes) is 1. The van der Waals surface area contributed by atoms with Crippen LogP contribution in [-0.4, -0.2) is 34.6 Å². The summed E-state index contributed by atoms with van der Waals surface area (Å²) in [6.07, 6.45) is 1.52. The van der Waals surface area contributed by atoms with E-state index in [0.717, 1.165) is 18.6 Å². The molecule has 0 aliphatic heterocycles. The van der Waals surface area contributed by atoms with Crippen molar-refractivity contribution in [1.29, 1.82) is 0 Å². The summed E-state index contributed by atoms with van der Waals surface area (Å²) in [6.45, 7) is 10.5. The Balaban J connectivity index is 2.58. The van der Waals surface area contributed by atoms with Crippen LogP contribution in [-0.2, 0) is 18.4 Å². The Hall–Kier alpha value is -1.63. The molecule has 0 spiro atoms. The molecule has 0 saturated carbocycles. The molecular formula is C18H28O5Si. The van der Waals surface area contributed by atoms with E-state index in [1.54, 1.807) is 6.92 Å². The Bertz CT molecular complexity index is 497. The highest BCUT2D eigenvalue weighted by Crippen LogP contribution is 2.23. The van der Waals surface area contributed by atoms with Crippen molar-refractivity contribution >= 4 is 14.8 Å². The Morgan fingerprint density at radius 2 is 1.71 bits per heavy atom. The van der Waals surface area contributed by atoms with Crippen LogP contribution in [0.15, 0.2) is 42.5 Å². The van der Waals surface area contributed by atoms with Crippen LogP contribution in [0.2, 0.25) is 6.04 Å². The Morgan fingerprint density at radius 3 is 2.25 bits per heavy atom. The highest BCUT2D eigenvalue weighted by molar-refractivity contribution is 6.61. The van der Waals surface area contributed by atoms with E-state index in [1.807, 2.05) is 44.2 Å². The first-order chi connectivity index (χ1) is 11.5. The fraction of sp³-hybridized carbons (Fsp3) is 0.500. The Kier molecular flexibility index (Phi) is 9.37. The second kappa shape index (κ2) is 11.0. The van der Waals surface area contributed by atoms with Gasteiger partial charge in [0.25, 0.3) is 0 Å². The molecule has 6 heteroatoms. The standard InChI is InChI=1S/C18H28O5Si/c1-5-21-24(22-6-2,23-17-12-8-7-9-13-17)15-11-10-14-20-18(19)16(3)4/h7-9,12-13H,3,5-6,10-11,14-15H2,1-2,4H3. The van der Waals surface area contributed by atoms with Gasteiger partial charge in [-0.3, -0.25) is 0 Å². The molecule has 0 N–H and O–H groups in total. The molecule has 0 aliphatic rings. The van der Waals surface area contributed by atoms with E-state index in [1.165, 1.54) is 0 Å². The summed E-state index contributed by atoms with van der Waals surface area (Å²) < 4.78 is 23.1. The minimum Gasteiger partial charge on any atom is -0.501 e. The lowest BCUT2D eigenvalue weighted by Crippen LogP contribution is -2.49. The van der Waals surface area contributed by atoms with Crippen LogP contribution in [0.1, 0.15) is 33.6 Å². The second-order valence-corrected chi connectivity index (χ2v) is 7.99. The fourth-order valence-corrected chi connectivity index (χ4v) is 4.79. The minimum absolute atomic E-state index is 0.353. The molecule has 0 saturated heterocycles. The second-order valence-electron chi connectivity index (χ2n) is 5.34. The van der Waals surface area contributed by atoms with Gasteiger partial charge in [0.05, 0.1) is 6.61 Å². The molecule has 0 heterocycles. The van der Waals surface area contributed by atoms with E-state index in [-0.39, 0.29) is 5.97 Å². The zero-order valence-corrected chi connectivity index (χ0v) is 15.9. The van der Waals surface area contributed by atoms with E-state index >= 15 is 0 Å². The molecule has 24 heavy (non-hydrogen) atoms. The van der Waals surface area contributed by atoms with Crippen LogP contribution in [0.5, 0.6) is 5.75 Å². The van der Waals surface area contributed by atoms with Gasteiger partial charge in [0.2, 0.25) is 0 Å². The first kappa shape index (κ1) is 20.4. The fourth-order valence-electron chi connectivity index (χ4n) is 2.14.